The van der Waals surface area contributed by atoms with Gasteiger partial charge in [0.2, 0.25) is 0 Å². The number of nitrogens with zero attached hydrogens (tertiary/aromatic N) is 2. The number of carbonyl (C=O) groups is 1. The fraction of sp³-hybridized carbons (Fsp3) is 0.450. The van der Waals surface area contributed by atoms with Crippen LogP contribution >= 0.6 is 11.3 Å². The Morgan fingerprint density at radius 2 is 1.89 bits per heavy atom. The Bertz CT molecular complexity index is 756. The molecule has 2 aromatic rings. The maximum Gasteiger partial charge on any atom is 0.269 e. The lowest BCUT2D eigenvalue weighted by atomic mass is 10.2. The lowest BCUT2D eigenvalue weighted by Crippen LogP contribution is -2.39. The number of nitrogens with one attached hydrogen (secondary N) is 1. The molecular weight excluding hydrogens is 378 g/mol. The van der Waals surface area contributed by atoms with Crippen LogP contribution in [0.2, 0.25) is 0 Å². The third kappa shape index (κ3) is 5.77. The standard InChI is InChI=1S/C20H25N3O4S/c24-20(15-27-17-9-7-16(8-10-17)23(25)26)21-14-18(19-6-5-13-28-19)22-11-3-1-2-4-12-22/h5-10,13,18H,1-4,11-12,14-15H2,(H,21,24)/t18-/m0/s1. The van der Waals surface area contributed by atoms with Crippen molar-refractivity contribution in [1.29, 1.82) is 0 Å². The van der Waals surface area contributed by atoms with E-state index in [4.69, 9.17) is 4.74 Å². The summed E-state index contributed by atoms with van der Waals surface area (Å²) in [6, 6.07) is 10.1. The van der Waals surface area contributed by atoms with Crippen molar-refractivity contribution >= 4 is 22.9 Å². The third-order valence-electron chi connectivity index (χ3n) is 4.86. The van der Waals surface area contributed by atoms with Crippen molar-refractivity contribution in [3.05, 3.63) is 56.8 Å². The summed E-state index contributed by atoms with van der Waals surface area (Å²) in [4.78, 5) is 26.2. The highest BCUT2D eigenvalue weighted by molar-refractivity contribution is 7.10. The highest BCUT2D eigenvalue weighted by Crippen LogP contribution is 2.27. The van der Waals surface area contributed by atoms with Crippen LogP contribution in [0.4, 0.5) is 5.69 Å². The van der Waals surface area contributed by atoms with E-state index in [1.165, 1.54) is 54.8 Å². The van der Waals surface area contributed by atoms with Crippen molar-refractivity contribution in [3.63, 3.8) is 0 Å². The summed E-state index contributed by atoms with van der Waals surface area (Å²) in [5.74, 6) is 0.234. The average molecular weight is 404 g/mol. The Labute approximate surface area is 168 Å². The molecule has 0 bridgehead atoms. The topological polar surface area (TPSA) is 84.7 Å². The molecule has 1 aromatic carbocycles. The molecule has 150 valence electrons. The smallest absolute Gasteiger partial charge is 0.269 e. The van der Waals surface area contributed by atoms with Gasteiger partial charge in [0.1, 0.15) is 5.75 Å². The number of nitro groups is 1. The molecule has 1 saturated heterocycles. The number of thiophene rings is 1. The van der Waals surface area contributed by atoms with E-state index in [9.17, 15) is 14.9 Å². The largest absolute Gasteiger partial charge is 0.484 e. The van der Waals surface area contributed by atoms with Gasteiger partial charge in [-0.1, -0.05) is 18.9 Å². The minimum Gasteiger partial charge on any atom is -0.484 e. The van der Waals surface area contributed by atoms with Crippen LogP contribution in [0.5, 0.6) is 5.75 Å². The summed E-state index contributed by atoms with van der Waals surface area (Å²) in [6.45, 7) is 2.54. The van der Waals surface area contributed by atoms with E-state index in [0.717, 1.165) is 13.1 Å². The lowest BCUT2D eigenvalue weighted by Gasteiger charge is -2.30. The van der Waals surface area contributed by atoms with Crippen molar-refractivity contribution < 1.29 is 14.5 Å². The normalized spacial score (nSPS) is 16.1. The van der Waals surface area contributed by atoms with Crippen LogP contribution in [-0.2, 0) is 4.79 Å². The Kier molecular flexibility index (Phi) is 7.39. The van der Waals surface area contributed by atoms with Crippen LogP contribution in [0.15, 0.2) is 41.8 Å². The van der Waals surface area contributed by atoms with Crippen molar-refractivity contribution in [2.75, 3.05) is 26.2 Å². The first-order valence-electron chi connectivity index (χ1n) is 9.55. The van der Waals surface area contributed by atoms with Crippen LogP contribution in [0.1, 0.15) is 36.6 Å². The van der Waals surface area contributed by atoms with Gasteiger partial charge in [0.05, 0.1) is 11.0 Å². The van der Waals surface area contributed by atoms with Crippen LogP contribution in [0.3, 0.4) is 0 Å². The molecule has 0 aliphatic carbocycles. The fourth-order valence-electron chi connectivity index (χ4n) is 3.37. The number of rotatable bonds is 8. The molecule has 0 unspecified atom stereocenters. The minimum absolute atomic E-state index is 0.00644. The number of nitro benzene ring substituents is 1. The van der Waals surface area contributed by atoms with E-state index >= 15 is 0 Å². The van der Waals surface area contributed by atoms with Gasteiger partial charge in [0, 0.05) is 23.6 Å². The highest BCUT2D eigenvalue weighted by atomic mass is 32.1. The van der Waals surface area contributed by atoms with Gasteiger partial charge in [0.25, 0.3) is 11.6 Å². The van der Waals surface area contributed by atoms with Crippen LogP contribution in [-0.4, -0.2) is 42.0 Å². The van der Waals surface area contributed by atoms with Gasteiger partial charge in [-0.2, -0.15) is 0 Å². The molecular formula is C20H25N3O4S. The Morgan fingerprint density at radius 3 is 2.50 bits per heavy atom. The number of amides is 1. The number of benzene rings is 1. The summed E-state index contributed by atoms with van der Waals surface area (Å²) < 4.78 is 5.45. The third-order valence-corrected chi connectivity index (χ3v) is 5.84. The number of likely N-dealkylation sites (tertiary alicyclic amines) is 1. The average Bonchev–Trinajstić information content (AvgIpc) is 3.09. The number of ether oxygens (including phenoxy) is 1. The van der Waals surface area contributed by atoms with Crippen molar-refractivity contribution in [1.82, 2.24) is 10.2 Å². The SMILES string of the molecule is O=C(COc1ccc([N+](=O)[O-])cc1)NC[C@@H](c1cccs1)N1CCCCCC1. The molecule has 2 heterocycles. The van der Waals surface area contributed by atoms with E-state index < -0.39 is 4.92 Å². The van der Waals surface area contributed by atoms with Gasteiger partial charge in [0.15, 0.2) is 6.61 Å². The molecule has 1 aromatic heterocycles. The predicted molar refractivity (Wildman–Crippen MR) is 109 cm³/mol. The molecule has 0 spiro atoms. The molecule has 28 heavy (non-hydrogen) atoms. The molecule has 1 aliphatic heterocycles. The second-order valence-corrected chi connectivity index (χ2v) is 7.80. The van der Waals surface area contributed by atoms with Crippen LogP contribution in [0, 0.1) is 10.1 Å². The van der Waals surface area contributed by atoms with E-state index in [-0.39, 0.29) is 24.2 Å². The van der Waals surface area contributed by atoms with Gasteiger partial charge in [-0.05, 0) is 49.5 Å². The molecule has 1 atom stereocenters. The number of hydrogen-bond donors (Lipinski definition) is 1. The first kappa shape index (κ1) is 20.3. The quantitative estimate of drug-likeness (QED) is 0.536. The molecule has 3 rings (SSSR count). The van der Waals surface area contributed by atoms with Crippen LogP contribution < -0.4 is 10.1 Å². The maximum absolute atomic E-state index is 12.3. The molecule has 1 N–H and O–H groups in total. The summed E-state index contributed by atoms with van der Waals surface area (Å²) in [7, 11) is 0. The highest BCUT2D eigenvalue weighted by Gasteiger charge is 2.23. The van der Waals surface area contributed by atoms with E-state index in [1.807, 2.05) is 6.07 Å². The summed E-state index contributed by atoms with van der Waals surface area (Å²) >= 11 is 1.72. The number of hydrogen-bond acceptors (Lipinski definition) is 6. The Balaban J connectivity index is 1.52. The van der Waals surface area contributed by atoms with Gasteiger partial charge in [-0.25, -0.2) is 0 Å². The van der Waals surface area contributed by atoms with Gasteiger partial charge < -0.3 is 10.1 Å². The molecule has 7 nitrogen and oxygen atoms in total. The fourth-order valence-corrected chi connectivity index (χ4v) is 4.23. The lowest BCUT2D eigenvalue weighted by molar-refractivity contribution is -0.384. The van der Waals surface area contributed by atoms with Crippen molar-refractivity contribution in [2.24, 2.45) is 0 Å². The maximum atomic E-state index is 12.3. The molecule has 8 heteroatoms. The summed E-state index contributed by atoms with van der Waals surface area (Å²) in [5, 5.41) is 15.7. The Morgan fingerprint density at radius 1 is 1.18 bits per heavy atom. The molecule has 0 radical (unpaired) electrons. The zero-order chi connectivity index (χ0) is 19.8. The zero-order valence-electron chi connectivity index (χ0n) is 15.7. The predicted octanol–water partition coefficient (Wildman–Crippen LogP) is 3.77. The molecule has 1 fully saturated rings. The summed E-state index contributed by atoms with van der Waals surface area (Å²) in [5.41, 5.74) is -0.00644. The molecule has 0 saturated carbocycles. The minimum atomic E-state index is -0.468. The Hall–Kier alpha value is -2.45. The van der Waals surface area contributed by atoms with Gasteiger partial charge in [-0.15, -0.1) is 11.3 Å². The zero-order valence-corrected chi connectivity index (χ0v) is 16.5. The first-order chi connectivity index (χ1) is 13.6. The van der Waals surface area contributed by atoms with E-state index in [1.54, 1.807) is 11.3 Å². The van der Waals surface area contributed by atoms with E-state index in [2.05, 4.69) is 21.7 Å². The molecule has 1 aliphatic rings. The van der Waals surface area contributed by atoms with E-state index in [0.29, 0.717) is 12.3 Å². The van der Waals surface area contributed by atoms with Crippen molar-refractivity contribution in [2.45, 2.75) is 31.7 Å². The van der Waals surface area contributed by atoms with Crippen LogP contribution in [0.25, 0.3) is 0 Å². The second-order valence-electron chi connectivity index (χ2n) is 6.83. The number of non-ortho nitro benzene ring substituents is 1. The first-order valence-corrected chi connectivity index (χ1v) is 10.4. The van der Waals surface area contributed by atoms with Gasteiger partial charge in [-0.3, -0.25) is 19.8 Å². The molecule has 1 amide bonds. The monoisotopic (exact) mass is 403 g/mol. The van der Waals surface area contributed by atoms with Gasteiger partial charge >= 0.3 is 0 Å². The van der Waals surface area contributed by atoms with Crippen molar-refractivity contribution in [3.8, 4) is 5.75 Å². The summed E-state index contributed by atoms with van der Waals surface area (Å²) in [6.07, 6.45) is 4.92. The number of carbonyl (C=O) groups excluding carboxylic acids is 1. The second kappa shape index (κ2) is 10.2.